The highest BCUT2D eigenvalue weighted by atomic mass is 35.5. The zero-order valence-electron chi connectivity index (χ0n) is 20.6. The van der Waals surface area contributed by atoms with Crippen LogP contribution < -0.4 is 11.0 Å². The van der Waals surface area contributed by atoms with Gasteiger partial charge in [0.25, 0.3) is 0 Å². The smallest absolute Gasteiger partial charge is 0.382 e. The van der Waals surface area contributed by atoms with Gasteiger partial charge in [-0.15, -0.1) is 10.2 Å². The topological polar surface area (TPSA) is 120 Å². The van der Waals surface area contributed by atoms with E-state index in [0.717, 1.165) is 9.25 Å². The van der Waals surface area contributed by atoms with Gasteiger partial charge in [-0.25, -0.2) is 19.1 Å². The maximum absolute atomic E-state index is 13.3. The second-order valence-electron chi connectivity index (χ2n) is 9.23. The number of nitrogens with one attached hydrogen (secondary N) is 1. The van der Waals surface area contributed by atoms with Crippen molar-refractivity contribution in [3.63, 3.8) is 0 Å². The van der Waals surface area contributed by atoms with E-state index in [-0.39, 0.29) is 36.4 Å². The fraction of sp³-hybridized carbons (Fsp3) is 0.320. The van der Waals surface area contributed by atoms with Crippen LogP contribution in [0.1, 0.15) is 18.1 Å². The number of carbonyl (C=O) groups excluding carboxylic acids is 1. The molecule has 0 aliphatic carbocycles. The molecule has 0 saturated carbocycles. The molecular formula is C25H22Cl2F3N7O3. The lowest BCUT2D eigenvalue weighted by atomic mass is 10.0. The molecule has 2 N–H and O–H groups in total. The van der Waals surface area contributed by atoms with Gasteiger partial charge in [0, 0.05) is 29.5 Å². The fourth-order valence-electron chi connectivity index (χ4n) is 4.40. The van der Waals surface area contributed by atoms with Crippen LogP contribution in [0, 0.1) is 5.92 Å². The Morgan fingerprint density at radius 2 is 1.80 bits per heavy atom. The molecule has 4 aromatic rings. The van der Waals surface area contributed by atoms with Crippen LogP contribution in [-0.4, -0.2) is 59.0 Å². The Hall–Kier alpha value is -3.68. The molecule has 210 valence electrons. The summed E-state index contributed by atoms with van der Waals surface area (Å²) in [5, 5.41) is 22.0. The lowest BCUT2D eigenvalue weighted by Gasteiger charge is -2.15. The second kappa shape index (κ2) is 11.1. The van der Waals surface area contributed by atoms with Crippen LogP contribution in [0.15, 0.2) is 53.3 Å². The maximum atomic E-state index is 13.3. The van der Waals surface area contributed by atoms with Crippen LogP contribution in [0.25, 0.3) is 17.1 Å². The summed E-state index contributed by atoms with van der Waals surface area (Å²) >= 11 is 12.3. The number of carbonyl (C=O) groups is 1. The number of hydrogen-bond acceptors (Lipinski definition) is 6. The van der Waals surface area contributed by atoms with Crippen molar-refractivity contribution >= 4 is 29.1 Å². The van der Waals surface area contributed by atoms with Gasteiger partial charge in [0.05, 0.1) is 17.3 Å². The number of benzene rings is 2. The zero-order chi connectivity index (χ0) is 28.6. The Balaban J connectivity index is 1.55. The number of alkyl halides is 3. The number of hydrogen-bond donors (Lipinski definition) is 2. The van der Waals surface area contributed by atoms with E-state index in [9.17, 15) is 27.9 Å². The SMILES string of the molecule is O=C1NCCC1Cc1nc(Cn2nc(-c3ccc(Cl)cc3)n(C[C@H](O)C(F)(F)F)c2=O)nn1-c1ccccc1Cl. The van der Waals surface area contributed by atoms with Crippen molar-refractivity contribution in [3.05, 3.63) is 80.7 Å². The van der Waals surface area contributed by atoms with Crippen molar-refractivity contribution in [2.24, 2.45) is 5.92 Å². The van der Waals surface area contributed by atoms with E-state index >= 15 is 0 Å². The van der Waals surface area contributed by atoms with Gasteiger partial charge in [-0.3, -0.25) is 9.36 Å². The normalized spacial score (nSPS) is 16.4. The van der Waals surface area contributed by atoms with E-state index in [1.807, 2.05) is 0 Å². The molecule has 0 bridgehead atoms. The number of amides is 1. The van der Waals surface area contributed by atoms with E-state index in [0.29, 0.717) is 40.1 Å². The largest absolute Gasteiger partial charge is 0.416 e. The number of aromatic nitrogens is 6. The summed E-state index contributed by atoms with van der Waals surface area (Å²) in [7, 11) is 0. The predicted octanol–water partition coefficient (Wildman–Crippen LogP) is 3.25. The van der Waals surface area contributed by atoms with Gasteiger partial charge >= 0.3 is 11.9 Å². The van der Waals surface area contributed by atoms with Gasteiger partial charge in [0.2, 0.25) is 5.91 Å². The lowest BCUT2D eigenvalue weighted by Crippen LogP contribution is -2.37. The molecule has 2 aromatic carbocycles. The minimum Gasteiger partial charge on any atom is -0.382 e. The van der Waals surface area contributed by atoms with Gasteiger partial charge in [-0.05, 0) is 42.8 Å². The molecule has 1 fully saturated rings. The van der Waals surface area contributed by atoms with Gasteiger partial charge in [0.1, 0.15) is 12.4 Å². The molecule has 3 heterocycles. The molecule has 15 heteroatoms. The third-order valence-electron chi connectivity index (χ3n) is 6.44. The molecule has 2 atom stereocenters. The Morgan fingerprint density at radius 3 is 2.45 bits per heavy atom. The summed E-state index contributed by atoms with van der Waals surface area (Å²) in [5.41, 5.74) is -0.0828. The monoisotopic (exact) mass is 595 g/mol. The summed E-state index contributed by atoms with van der Waals surface area (Å²) in [4.78, 5) is 30.0. The van der Waals surface area contributed by atoms with Crippen LogP contribution in [0.2, 0.25) is 10.0 Å². The Kier molecular flexibility index (Phi) is 7.71. The number of aliphatic hydroxyl groups is 1. The molecule has 1 aliphatic rings. The fourth-order valence-corrected chi connectivity index (χ4v) is 4.74. The number of para-hydroxylation sites is 1. The standard InChI is InChI=1S/C25H22Cl2F3N7O3/c26-16-7-5-14(6-8-16)22-34-36(24(40)35(22)12-19(38)25(28,29)30)13-20-32-21(11-15-9-10-31-23(15)39)37(33-20)18-4-2-1-3-17(18)27/h1-8,15,19,38H,9-13H2,(H,31,39)/t15?,19-/m0/s1. The van der Waals surface area contributed by atoms with Crippen molar-refractivity contribution < 1.29 is 23.1 Å². The van der Waals surface area contributed by atoms with Crippen LogP contribution in [0.4, 0.5) is 13.2 Å². The molecular weight excluding hydrogens is 574 g/mol. The van der Waals surface area contributed by atoms with E-state index in [2.05, 4.69) is 20.5 Å². The molecule has 0 radical (unpaired) electrons. The number of halogens is 5. The Morgan fingerprint density at radius 1 is 1.07 bits per heavy atom. The first-order valence-corrected chi connectivity index (χ1v) is 12.9. The van der Waals surface area contributed by atoms with Crippen LogP contribution >= 0.6 is 23.2 Å². The highest BCUT2D eigenvalue weighted by molar-refractivity contribution is 6.32. The maximum Gasteiger partial charge on any atom is 0.416 e. The molecule has 1 aliphatic heterocycles. The lowest BCUT2D eigenvalue weighted by molar-refractivity contribution is -0.207. The Bertz CT molecular complexity index is 1600. The molecule has 40 heavy (non-hydrogen) atoms. The average Bonchev–Trinajstić information content (AvgIpc) is 3.58. The zero-order valence-corrected chi connectivity index (χ0v) is 22.2. The second-order valence-corrected chi connectivity index (χ2v) is 10.1. The minimum atomic E-state index is -4.95. The number of rotatable bonds is 8. The van der Waals surface area contributed by atoms with Crippen molar-refractivity contribution in [3.8, 4) is 17.1 Å². The van der Waals surface area contributed by atoms with Crippen LogP contribution in [0.5, 0.6) is 0 Å². The van der Waals surface area contributed by atoms with Gasteiger partial charge in [-0.2, -0.15) is 13.2 Å². The molecule has 1 unspecified atom stereocenters. The summed E-state index contributed by atoms with van der Waals surface area (Å²) in [5.74, 6) is 0.00198. The first-order valence-electron chi connectivity index (χ1n) is 12.2. The first-order chi connectivity index (χ1) is 19.0. The summed E-state index contributed by atoms with van der Waals surface area (Å²) < 4.78 is 42.7. The third-order valence-corrected chi connectivity index (χ3v) is 7.01. The number of aliphatic hydroxyl groups excluding tert-OH is 1. The van der Waals surface area contributed by atoms with Gasteiger partial charge in [-0.1, -0.05) is 35.3 Å². The van der Waals surface area contributed by atoms with E-state index in [1.165, 1.54) is 28.9 Å². The van der Waals surface area contributed by atoms with E-state index in [4.69, 9.17) is 23.2 Å². The highest BCUT2D eigenvalue weighted by Crippen LogP contribution is 2.25. The quantitative estimate of drug-likeness (QED) is 0.323. The minimum absolute atomic E-state index is 0.0987. The predicted molar refractivity (Wildman–Crippen MR) is 139 cm³/mol. The molecule has 5 rings (SSSR count). The molecule has 10 nitrogen and oxygen atoms in total. The van der Waals surface area contributed by atoms with Crippen LogP contribution in [0.3, 0.4) is 0 Å². The van der Waals surface area contributed by atoms with Crippen molar-refractivity contribution in [2.75, 3.05) is 6.54 Å². The van der Waals surface area contributed by atoms with Crippen molar-refractivity contribution in [1.29, 1.82) is 0 Å². The summed E-state index contributed by atoms with van der Waals surface area (Å²) in [6, 6.07) is 12.9. The molecule has 2 aromatic heterocycles. The van der Waals surface area contributed by atoms with Gasteiger partial charge in [0.15, 0.2) is 17.8 Å². The number of nitrogens with zero attached hydrogens (tertiary/aromatic N) is 6. The van der Waals surface area contributed by atoms with Gasteiger partial charge < -0.3 is 10.4 Å². The Labute approximate surface area is 235 Å². The van der Waals surface area contributed by atoms with E-state index in [1.54, 1.807) is 24.3 Å². The third kappa shape index (κ3) is 5.76. The molecule has 0 spiro atoms. The summed E-state index contributed by atoms with van der Waals surface area (Å²) in [6.07, 6.45) is -6.88. The van der Waals surface area contributed by atoms with Crippen molar-refractivity contribution in [2.45, 2.75) is 38.2 Å². The van der Waals surface area contributed by atoms with Crippen molar-refractivity contribution in [1.82, 2.24) is 34.4 Å². The van der Waals surface area contributed by atoms with E-state index < -0.39 is 24.5 Å². The highest BCUT2D eigenvalue weighted by Gasteiger charge is 2.39. The summed E-state index contributed by atoms with van der Waals surface area (Å²) in [6.45, 7) is -0.819. The average molecular weight is 596 g/mol. The molecule has 1 amide bonds. The van der Waals surface area contributed by atoms with Crippen LogP contribution in [-0.2, 0) is 24.3 Å². The molecule has 1 saturated heterocycles. The first kappa shape index (κ1) is 27.9.